The van der Waals surface area contributed by atoms with Crippen LogP contribution in [0.4, 0.5) is 4.39 Å². The molecule has 0 radical (unpaired) electrons. The van der Waals surface area contributed by atoms with E-state index in [9.17, 15) is 9.50 Å². The molecule has 0 saturated carbocycles. The van der Waals surface area contributed by atoms with Crippen molar-refractivity contribution in [2.24, 2.45) is 0 Å². The van der Waals surface area contributed by atoms with Crippen molar-refractivity contribution in [1.82, 2.24) is 4.98 Å². The number of hydrogen-bond donors (Lipinski definition) is 2. The lowest BCUT2D eigenvalue weighted by Crippen LogP contribution is -2.02. The molecule has 19 heavy (non-hydrogen) atoms. The normalized spacial score (nSPS) is 12.8. The van der Waals surface area contributed by atoms with Crippen molar-refractivity contribution in [3.8, 4) is 0 Å². The number of hydrogen-bond acceptors (Lipinski definition) is 1. The van der Waals surface area contributed by atoms with Gasteiger partial charge in [0, 0.05) is 21.7 Å². The van der Waals surface area contributed by atoms with Crippen LogP contribution in [0.25, 0.3) is 10.9 Å². The molecule has 1 unspecified atom stereocenters. The van der Waals surface area contributed by atoms with Crippen LogP contribution in [0.2, 0.25) is 0 Å². The molecule has 2 N–H and O–H groups in total. The number of rotatable bonds is 2. The molecule has 3 aromatic rings. The van der Waals surface area contributed by atoms with Crippen LogP contribution in [-0.4, -0.2) is 10.1 Å². The Morgan fingerprint density at radius 3 is 2.74 bits per heavy atom. The molecule has 3 rings (SSSR count). The van der Waals surface area contributed by atoms with Crippen molar-refractivity contribution in [3.63, 3.8) is 0 Å². The minimum Gasteiger partial charge on any atom is -0.384 e. The minimum atomic E-state index is -0.965. The molecular formula is C15H11BrFNO. The van der Waals surface area contributed by atoms with Gasteiger partial charge in [-0.3, -0.25) is 0 Å². The van der Waals surface area contributed by atoms with E-state index >= 15 is 0 Å². The molecule has 0 spiro atoms. The number of H-pyrrole nitrogens is 1. The van der Waals surface area contributed by atoms with Crippen molar-refractivity contribution in [3.05, 3.63) is 70.1 Å². The number of aromatic amines is 1. The summed E-state index contributed by atoms with van der Waals surface area (Å²) in [6.45, 7) is 0. The summed E-state index contributed by atoms with van der Waals surface area (Å²) in [4.78, 5) is 3.08. The van der Waals surface area contributed by atoms with E-state index in [0.29, 0.717) is 10.0 Å². The highest BCUT2D eigenvalue weighted by molar-refractivity contribution is 9.10. The lowest BCUT2D eigenvalue weighted by molar-refractivity contribution is 0.215. The lowest BCUT2D eigenvalue weighted by atomic mass is 10.00. The van der Waals surface area contributed by atoms with Crippen molar-refractivity contribution in [1.29, 1.82) is 0 Å². The summed E-state index contributed by atoms with van der Waals surface area (Å²) in [6.07, 6.45) is 0.869. The third-order valence-electron chi connectivity index (χ3n) is 3.15. The van der Waals surface area contributed by atoms with Gasteiger partial charge in [0.2, 0.25) is 0 Å². The summed E-state index contributed by atoms with van der Waals surface area (Å²) in [7, 11) is 0. The van der Waals surface area contributed by atoms with Crippen LogP contribution in [0.5, 0.6) is 0 Å². The summed E-state index contributed by atoms with van der Waals surface area (Å²) in [6, 6.07) is 12.1. The standard InChI is InChI=1S/C15H11BrFNO/c16-11-2-3-12(13(17)8-11)15(19)10-1-4-14-9(7-10)5-6-18-14/h1-8,15,18-19H. The smallest absolute Gasteiger partial charge is 0.130 e. The Labute approximate surface area is 118 Å². The monoisotopic (exact) mass is 319 g/mol. The summed E-state index contributed by atoms with van der Waals surface area (Å²) in [5, 5.41) is 11.3. The molecule has 4 heteroatoms. The van der Waals surface area contributed by atoms with E-state index in [-0.39, 0.29) is 5.56 Å². The fraction of sp³-hybridized carbons (Fsp3) is 0.0667. The number of halogens is 2. The molecule has 0 aliphatic carbocycles. The molecule has 0 amide bonds. The van der Waals surface area contributed by atoms with Crippen LogP contribution in [0.15, 0.2) is 53.1 Å². The van der Waals surface area contributed by atoms with E-state index in [4.69, 9.17) is 0 Å². The third-order valence-corrected chi connectivity index (χ3v) is 3.64. The van der Waals surface area contributed by atoms with Crippen molar-refractivity contribution in [2.45, 2.75) is 6.10 Å². The summed E-state index contributed by atoms with van der Waals surface area (Å²) in [5.74, 6) is -0.420. The fourth-order valence-electron chi connectivity index (χ4n) is 2.14. The highest BCUT2D eigenvalue weighted by Crippen LogP contribution is 2.28. The molecule has 0 aliphatic heterocycles. The molecule has 0 saturated heterocycles. The Kier molecular flexibility index (Phi) is 3.12. The maximum Gasteiger partial charge on any atom is 0.130 e. The van der Waals surface area contributed by atoms with E-state index in [2.05, 4.69) is 20.9 Å². The summed E-state index contributed by atoms with van der Waals surface area (Å²) in [5.41, 5.74) is 1.94. The van der Waals surface area contributed by atoms with Gasteiger partial charge in [-0.1, -0.05) is 28.1 Å². The van der Waals surface area contributed by atoms with Gasteiger partial charge in [0.25, 0.3) is 0 Å². The quantitative estimate of drug-likeness (QED) is 0.731. The van der Waals surface area contributed by atoms with Gasteiger partial charge in [-0.15, -0.1) is 0 Å². The van der Waals surface area contributed by atoms with E-state index in [1.807, 2.05) is 24.4 Å². The molecule has 1 heterocycles. The Hall–Kier alpha value is -1.65. The molecule has 2 aromatic carbocycles. The molecule has 0 aliphatic rings. The van der Waals surface area contributed by atoms with Gasteiger partial charge in [-0.25, -0.2) is 4.39 Å². The second-order valence-electron chi connectivity index (χ2n) is 4.39. The molecule has 1 atom stereocenters. The number of aliphatic hydroxyl groups is 1. The summed E-state index contributed by atoms with van der Waals surface area (Å²) < 4.78 is 14.5. The Morgan fingerprint density at radius 1 is 1.11 bits per heavy atom. The van der Waals surface area contributed by atoms with Crippen molar-refractivity contribution < 1.29 is 9.50 Å². The van der Waals surface area contributed by atoms with Crippen LogP contribution in [-0.2, 0) is 0 Å². The zero-order valence-electron chi connectivity index (χ0n) is 9.90. The second kappa shape index (κ2) is 4.79. The van der Waals surface area contributed by atoms with E-state index < -0.39 is 11.9 Å². The summed E-state index contributed by atoms with van der Waals surface area (Å²) >= 11 is 3.20. The van der Waals surface area contributed by atoms with Gasteiger partial charge in [-0.05, 0) is 41.3 Å². The maximum absolute atomic E-state index is 13.8. The van der Waals surface area contributed by atoms with Gasteiger partial charge < -0.3 is 10.1 Å². The topological polar surface area (TPSA) is 36.0 Å². The first kappa shape index (κ1) is 12.4. The minimum absolute atomic E-state index is 0.276. The van der Waals surface area contributed by atoms with E-state index in [1.165, 1.54) is 6.07 Å². The van der Waals surface area contributed by atoms with Crippen LogP contribution < -0.4 is 0 Å². The first-order valence-corrected chi connectivity index (χ1v) is 6.64. The van der Waals surface area contributed by atoms with Gasteiger partial charge in [0.15, 0.2) is 0 Å². The molecular weight excluding hydrogens is 309 g/mol. The third kappa shape index (κ3) is 2.29. The number of fused-ring (bicyclic) bond motifs is 1. The van der Waals surface area contributed by atoms with Crippen LogP contribution in [0.1, 0.15) is 17.2 Å². The zero-order valence-corrected chi connectivity index (χ0v) is 11.5. The first-order chi connectivity index (χ1) is 9.15. The fourth-order valence-corrected chi connectivity index (χ4v) is 2.48. The van der Waals surface area contributed by atoms with Crippen molar-refractivity contribution >= 4 is 26.8 Å². The second-order valence-corrected chi connectivity index (χ2v) is 5.31. The number of aliphatic hydroxyl groups excluding tert-OH is 1. The average molecular weight is 320 g/mol. The van der Waals surface area contributed by atoms with Gasteiger partial charge in [0.05, 0.1) is 0 Å². The van der Waals surface area contributed by atoms with Crippen LogP contribution in [0.3, 0.4) is 0 Å². The molecule has 96 valence electrons. The molecule has 0 fully saturated rings. The predicted molar refractivity (Wildman–Crippen MR) is 76.5 cm³/mol. The highest BCUT2D eigenvalue weighted by Gasteiger charge is 2.15. The zero-order chi connectivity index (χ0) is 13.4. The SMILES string of the molecule is OC(c1ccc2[nH]ccc2c1)c1ccc(Br)cc1F. The molecule has 0 bridgehead atoms. The molecule has 2 nitrogen and oxygen atoms in total. The predicted octanol–water partition coefficient (Wildman–Crippen LogP) is 4.15. The number of benzene rings is 2. The van der Waals surface area contributed by atoms with Gasteiger partial charge in [0.1, 0.15) is 11.9 Å². The largest absolute Gasteiger partial charge is 0.384 e. The van der Waals surface area contributed by atoms with Crippen molar-refractivity contribution in [2.75, 3.05) is 0 Å². The highest BCUT2D eigenvalue weighted by atomic mass is 79.9. The van der Waals surface area contributed by atoms with E-state index in [0.717, 1.165) is 10.9 Å². The first-order valence-electron chi connectivity index (χ1n) is 5.85. The van der Waals surface area contributed by atoms with Crippen LogP contribution >= 0.6 is 15.9 Å². The molecule has 1 aromatic heterocycles. The number of nitrogens with one attached hydrogen (secondary N) is 1. The van der Waals surface area contributed by atoms with Crippen LogP contribution in [0, 0.1) is 5.82 Å². The average Bonchev–Trinajstić information content (AvgIpc) is 2.85. The Bertz CT molecular complexity index is 738. The Morgan fingerprint density at radius 2 is 1.95 bits per heavy atom. The van der Waals surface area contributed by atoms with Gasteiger partial charge in [-0.2, -0.15) is 0 Å². The number of aromatic nitrogens is 1. The van der Waals surface area contributed by atoms with E-state index in [1.54, 1.807) is 18.2 Å². The lowest BCUT2D eigenvalue weighted by Gasteiger charge is -2.13. The van der Waals surface area contributed by atoms with Gasteiger partial charge >= 0.3 is 0 Å². The Balaban J connectivity index is 2.04. The maximum atomic E-state index is 13.8.